The zero-order valence-electron chi connectivity index (χ0n) is 10.5. The first-order valence-electron chi connectivity index (χ1n) is 5.58. The van der Waals surface area contributed by atoms with Crippen molar-refractivity contribution in [3.63, 3.8) is 0 Å². The standard InChI is InChI=1S/C13H11NO3S3/c1-20(16,17)10-7-5-9(6-8-10)3-2-4-11-12(15)14-13(18)19-11/h2-8H,1H3,(H,14,15,18). The van der Waals surface area contributed by atoms with Gasteiger partial charge in [-0.05, 0) is 23.8 Å². The van der Waals surface area contributed by atoms with Crippen molar-refractivity contribution in [2.45, 2.75) is 4.90 Å². The molecule has 1 fully saturated rings. The first-order chi connectivity index (χ1) is 9.36. The van der Waals surface area contributed by atoms with Crippen molar-refractivity contribution in [1.29, 1.82) is 0 Å². The Kier molecular flexibility index (Phi) is 4.42. The van der Waals surface area contributed by atoms with Crippen LogP contribution in [0.5, 0.6) is 0 Å². The van der Waals surface area contributed by atoms with Gasteiger partial charge in [-0.2, -0.15) is 0 Å². The molecule has 0 spiro atoms. The molecule has 1 amide bonds. The third-order valence-corrected chi connectivity index (χ3v) is 4.80. The van der Waals surface area contributed by atoms with Crippen molar-refractivity contribution in [2.75, 3.05) is 6.26 Å². The van der Waals surface area contributed by atoms with Crippen LogP contribution in [0.15, 0.2) is 46.2 Å². The number of amides is 1. The van der Waals surface area contributed by atoms with Crippen LogP contribution >= 0.6 is 24.0 Å². The fraction of sp³-hybridized carbons (Fsp3) is 0.0769. The zero-order valence-corrected chi connectivity index (χ0v) is 12.9. The van der Waals surface area contributed by atoms with Gasteiger partial charge in [-0.1, -0.05) is 48.3 Å². The normalized spacial score (nSPS) is 17.9. The highest BCUT2D eigenvalue weighted by molar-refractivity contribution is 8.26. The minimum atomic E-state index is -3.17. The average molecular weight is 325 g/mol. The summed E-state index contributed by atoms with van der Waals surface area (Å²) in [6.45, 7) is 0. The van der Waals surface area contributed by atoms with Crippen LogP contribution in [0.1, 0.15) is 5.56 Å². The number of thiocarbonyl (C=S) groups is 1. The Bertz CT molecular complexity index is 716. The Morgan fingerprint density at radius 2 is 1.90 bits per heavy atom. The fourth-order valence-corrected chi connectivity index (χ4v) is 3.13. The quantitative estimate of drug-likeness (QED) is 0.681. The average Bonchev–Trinajstić information content (AvgIpc) is 2.67. The summed E-state index contributed by atoms with van der Waals surface area (Å²) >= 11 is 6.09. The van der Waals surface area contributed by atoms with Gasteiger partial charge >= 0.3 is 0 Å². The molecule has 1 N–H and O–H groups in total. The van der Waals surface area contributed by atoms with Crippen molar-refractivity contribution in [2.24, 2.45) is 0 Å². The molecule has 0 atom stereocenters. The number of hydrogen-bond acceptors (Lipinski definition) is 5. The Morgan fingerprint density at radius 3 is 2.40 bits per heavy atom. The van der Waals surface area contributed by atoms with E-state index in [0.29, 0.717) is 9.23 Å². The highest BCUT2D eigenvalue weighted by Crippen LogP contribution is 2.23. The van der Waals surface area contributed by atoms with Crippen LogP contribution in [0.25, 0.3) is 6.08 Å². The number of hydrogen-bond donors (Lipinski definition) is 1. The summed E-state index contributed by atoms with van der Waals surface area (Å²) < 4.78 is 23.1. The van der Waals surface area contributed by atoms with E-state index in [4.69, 9.17) is 12.2 Å². The van der Waals surface area contributed by atoms with Gasteiger partial charge < -0.3 is 5.32 Å². The number of sulfone groups is 1. The second-order valence-electron chi connectivity index (χ2n) is 4.07. The highest BCUT2D eigenvalue weighted by Gasteiger charge is 2.20. The molecule has 1 aromatic carbocycles. The molecule has 0 aromatic heterocycles. The molecule has 1 aromatic rings. The van der Waals surface area contributed by atoms with Gasteiger partial charge in [0.05, 0.1) is 9.80 Å². The van der Waals surface area contributed by atoms with Crippen molar-refractivity contribution in [3.05, 3.63) is 46.9 Å². The first-order valence-corrected chi connectivity index (χ1v) is 8.69. The molecule has 1 heterocycles. The summed E-state index contributed by atoms with van der Waals surface area (Å²) in [4.78, 5) is 12.2. The summed E-state index contributed by atoms with van der Waals surface area (Å²) in [6, 6.07) is 6.51. The second kappa shape index (κ2) is 5.90. The molecule has 104 valence electrons. The molecule has 4 nitrogen and oxygen atoms in total. The third-order valence-electron chi connectivity index (χ3n) is 2.49. The Morgan fingerprint density at radius 1 is 1.25 bits per heavy atom. The number of rotatable bonds is 3. The van der Waals surface area contributed by atoms with Crippen LogP contribution < -0.4 is 5.32 Å². The SMILES string of the molecule is CS(=O)(=O)c1ccc(C=CC=C2SC(=S)NC2=O)cc1. The van der Waals surface area contributed by atoms with Crippen molar-refractivity contribution in [3.8, 4) is 0 Å². The molecule has 1 aliphatic heterocycles. The molecule has 0 unspecified atom stereocenters. The van der Waals surface area contributed by atoms with Gasteiger partial charge in [-0.15, -0.1) is 0 Å². The smallest absolute Gasteiger partial charge is 0.263 e. The van der Waals surface area contributed by atoms with E-state index in [9.17, 15) is 13.2 Å². The largest absolute Gasteiger partial charge is 0.307 e. The zero-order chi connectivity index (χ0) is 14.8. The monoisotopic (exact) mass is 325 g/mol. The third kappa shape index (κ3) is 3.78. The summed E-state index contributed by atoms with van der Waals surface area (Å²) in [5.74, 6) is -0.197. The number of nitrogens with one attached hydrogen (secondary N) is 1. The van der Waals surface area contributed by atoms with Gasteiger partial charge in [0.15, 0.2) is 9.84 Å². The molecule has 0 aliphatic carbocycles. The van der Waals surface area contributed by atoms with Crippen molar-refractivity contribution >= 4 is 50.1 Å². The minimum Gasteiger partial charge on any atom is -0.307 e. The van der Waals surface area contributed by atoms with E-state index in [2.05, 4.69) is 5.32 Å². The molecule has 20 heavy (non-hydrogen) atoms. The summed E-state index contributed by atoms with van der Waals surface area (Å²) in [5.41, 5.74) is 0.847. The van der Waals surface area contributed by atoms with Gasteiger partial charge in [0, 0.05) is 6.26 Å². The van der Waals surface area contributed by atoms with Crippen LogP contribution in [-0.2, 0) is 14.6 Å². The van der Waals surface area contributed by atoms with Gasteiger partial charge in [0.2, 0.25) is 0 Å². The van der Waals surface area contributed by atoms with E-state index < -0.39 is 9.84 Å². The molecule has 0 radical (unpaired) electrons. The fourth-order valence-electron chi connectivity index (χ4n) is 1.51. The number of carbonyl (C=O) groups is 1. The predicted octanol–water partition coefficient (Wildman–Crippen LogP) is 2.14. The van der Waals surface area contributed by atoms with E-state index >= 15 is 0 Å². The Labute approximate surface area is 126 Å². The lowest BCUT2D eigenvalue weighted by Gasteiger charge is -1.98. The van der Waals surface area contributed by atoms with Crippen molar-refractivity contribution in [1.82, 2.24) is 5.32 Å². The van der Waals surface area contributed by atoms with Crippen LogP contribution in [0, 0.1) is 0 Å². The summed E-state index contributed by atoms with van der Waals surface area (Å²) in [6.07, 6.45) is 6.35. The van der Waals surface area contributed by atoms with Gasteiger partial charge in [0.25, 0.3) is 5.91 Å². The molecule has 7 heteroatoms. The van der Waals surface area contributed by atoms with Gasteiger partial charge in [0.1, 0.15) is 4.32 Å². The first kappa shape index (κ1) is 15.0. The molecular weight excluding hydrogens is 314 g/mol. The maximum absolute atomic E-state index is 11.4. The summed E-state index contributed by atoms with van der Waals surface area (Å²) in [7, 11) is -3.17. The van der Waals surface area contributed by atoms with Gasteiger partial charge in [-0.25, -0.2) is 8.42 Å². The van der Waals surface area contributed by atoms with Crippen molar-refractivity contribution < 1.29 is 13.2 Å². The van der Waals surface area contributed by atoms with Crippen LogP contribution in [-0.4, -0.2) is 24.9 Å². The Balaban J connectivity index is 2.11. The number of allylic oxidation sites excluding steroid dienone is 2. The predicted molar refractivity (Wildman–Crippen MR) is 85.0 cm³/mol. The maximum Gasteiger partial charge on any atom is 0.263 e. The molecule has 2 rings (SSSR count). The Hall–Kier alpha value is -1.44. The number of carbonyl (C=O) groups excluding carboxylic acids is 1. The van der Waals surface area contributed by atoms with Crippen LogP contribution in [0.2, 0.25) is 0 Å². The molecule has 0 bridgehead atoms. The number of benzene rings is 1. The van der Waals surface area contributed by atoms with E-state index in [1.165, 1.54) is 18.0 Å². The van der Waals surface area contributed by atoms with E-state index in [-0.39, 0.29) is 10.8 Å². The van der Waals surface area contributed by atoms with E-state index in [0.717, 1.165) is 5.56 Å². The molecule has 0 saturated carbocycles. The molecule has 1 aliphatic rings. The molecular formula is C13H11NO3S3. The summed E-state index contributed by atoms with van der Waals surface area (Å²) in [5, 5.41) is 2.53. The number of thioether (sulfide) groups is 1. The maximum atomic E-state index is 11.4. The van der Waals surface area contributed by atoms with Gasteiger partial charge in [-0.3, -0.25) is 4.79 Å². The lowest BCUT2D eigenvalue weighted by Crippen LogP contribution is -2.17. The minimum absolute atomic E-state index is 0.197. The van der Waals surface area contributed by atoms with Crippen LogP contribution in [0.3, 0.4) is 0 Å². The van der Waals surface area contributed by atoms with E-state index in [1.54, 1.807) is 42.5 Å². The molecule has 1 saturated heterocycles. The van der Waals surface area contributed by atoms with E-state index in [1.807, 2.05) is 0 Å². The second-order valence-corrected chi connectivity index (χ2v) is 7.81. The highest BCUT2D eigenvalue weighted by atomic mass is 32.2. The lowest BCUT2D eigenvalue weighted by atomic mass is 10.2. The lowest BCUT2D eigenvalue weighted by molar-refractivity contribution is -0.115. The topological polar surface area (TPSA) is 63.2 Å². The van der Waals surface area contributed by atoms with Crippen LogP contribution in [0.4, 0.5) is 0 Å².